The third-order valence-electron chi connectivity index (χ3n) is 4.86. The zero-order valence-corrected chi connectivity index (χ0v) is 16.0. The van der Waals surface area contributed by atoms with Crippen LogP contribution < -0.4 is 4.90 Å². The summed E-state index contributed by atoms with van der Waals surface area (Å²) >= 11 is 1.57. The van der Waals surface area contributed by atoms with E-state index in [9.17, 15) is 4.79 Å². The van der Waals surface area contributed by atoms with Crippen molar-refractivity contribution in [2.24, 2.45) is 7.05 Å². The smallest absolute Gasteiger partial charge is 0.278 e. The number of nitrogens with zero attached hydrogens (tertiary/aromatic N) is 4. The lowest BCUT2D eigenvalue weighted by atomic mass is 10.1. The van der Waals surface area contributed by atoms with Gasteiger partial charge in [-0.05, 0) is 43.9 Å². The van der Waals surface area contributed by atoms with Gasteiger partial charge in [0.05, 0.1) is 22.9 Å². The van der Waals surface area contributed by atoms with Crippen LogP contribution in [0.2, 0.25) is 0 Å². The third-order valence-corrected chi connectivity index (χ3v) is 6.07. The van der Waals surface area contributed by atoms with E-state index >= 15 is 0 Å². The highest BCUT2D eigenvalue weighted by Crippen LogP contribution is 2.34. The molecular weight excluding hydrogens is 348 g/mol. The van der Waals surface area contributed by atoms with Crippen LogP contribution in [0.1, 0.15) is 34.5 Å². The van der Waals surface area contributed by atoms with Gasteiger partial charge in [-0.1, -0.05) is 23.5 Å². The molecule has 4 rings (SSSR count). The number of anilines is 1. The Kier molecular flexibility index (Phi) is 4.50. The number of thiazole rings is 1. The minimum Gasteiger partial charge on any atom is -0.376 e. The molecule has 1 aliphatic heterocycles. The average Bonchev–Trinajstić information content (AvgIpc) is 3.36. The maximum Gasteiger partial charge on any atom is 0.278 e. The van der Waals surface area contributed by atoms with E-state index in [-0.39, 0.29) is 12.0 Å². The fourth-order valence-electron chi connectivity index (χ4n) is 3.33. The second kappa shape index (κ2) is 6.81. The van der Waals surface area contributed by atoms with Crippen molar-refractivity contribution in [1.82, 2.24) is 14.8 Å². The molecule has 1 amide bonds. The molecule has 0 spiro atoms. The largest absolute Gasteiger partial charge is 0.376 e. The van der Waals surface area contributed by atoms with Crippen molar-refractivity contribution in [1.29, 1.82) is 0 Å². The summed E-state index contributed by atoms with van der Waals surface area (Å²) in [5.41, 5.74) is 3.83. The Bertz CT molecular complexity index is 917. The van der Waals surface area contributed by atoms with Crippen LogP contribution in [-0.4, -0.2) is 39.9 Å². The summed E-state index contributed by atoms with van der Waals surface area (Å²) in [7, 11) is 1.78. The molecule has 1 fully saturated rings. The van der Waals surface area contributed by atoms with Crippen LogP contribution in [0.4, 0.5) is 5.13 Å². The predicted octanol–water partition coefficient (Wildman–Crippen LogP) is 3.47. The van der Waals surface area contributed by atoms with Gasteiger partial charge in [0, 0.05) is 19.9 Å². The van der Waals surface area contributed by atoms with Crippen LogP contribution in [0.25, 0.3) is 10.2 Å². The van der Waals surface area contributed by atoms with Crippen LogP contribution in [0.5, 0.6) is 0 Å². The molecule has 0 aliphatic carbocycles. The number of hydrogen-bond acceptors (Lipinski definition) is 5. The fraction of sp³-hybridized carbons (Fsp3) is 0.421. The van der Waals surface area contributed by atoms with Crippen LogP contribution in [-0.2, 0) is 11.8 Å². The zero-order valence-electron chi connectivity index (χ0n) is 15.2. The molecule has 0 bridgehead atoms. The SMILES string of the molecule is Cc1ccc(C)c2sc(N(CC3CCCO3)C(=O)c3ccnn3C)nc12. The van der Waals surface area contributed by atoms with Crippen LogP contribution in [0.3, 0.4) is 0 Å². The number of fused-ring (bicyclic) bond motifs is 1. The number of aromatic nitrogens is 3. The molecule has 0 radical (unpaired) electrons. The Balaban J connectivity index is 1.77. The van der Waals surface area contributed by atoms with Crippen molar-refractivity contribution in [3.63, 3.8) is 0 Å². The van der Waals surface area contributed by atoms with Crippen LogP contribution >= 0.6 is 11.3 Å². The molecule has 3 heterocycles. The van der Waals surface area contributed by atoms with E-state index in [0.29, 0.717) is 12.2 Å². The van der Waals surface area contributed by atoms with E-state index < -0.39 is 0 Å². The fourth-order valence-corrected chi connectivity index (χ4v) is 4.44. The summed E-state index contributed by atoms with van der Waals surface area (Å²) in [5, 5.41) is 4.86. The number of amides is 1. The van der Waals surface area contributed by atoms with Crippen molar-refractivity contribution < 1.29 is 9.53 Å². The van der Waals surface area contributed by atoms with E-state index in [1.165, 1.54) is 5.56 Å². The van der Waals surface area contributed by atoms with Gasteiger partial charge in [-0.25, -0.2) is 4.98 Å². The number of carbonyl (C=O) groups is 1. The van der Waals surface area contributed by atoms with E-state index in [0.717, 1.165) is 40.4 Å². The zero-order chi connectivity index (χ0) is 18.3. The lowest BCUT2D eigenvalue weighted by Crippen LogP contribution is -2.38. The molecule has 26 heavy (non-hydrogen) atoms. The molecule has 7 heteroatoms. The first-order chi connectivity index (χ1) is 12.5. The summed E-state index contributed by atoms with van der Waals surface area (Å²) in [4.78, 5) is 19.8. The maximum absolute atomic E-state index is 13.2. The van der Waals surface area contributed by atoms with Crippen LogP contribution in [0, 0.1) is 13.8 Å². The summed E-state index contributed by atoms with van der Waals surface area (Å²) in [6.07, 6.45) is 3.71. The second-order valence-corrected chi connectivity index (χ2v) is 7.74. The molecule has 1 aromatic carbocycles. The molecule has 1 unspecified atom stereocenters. The van der Waals surface area contributed by atoms with Gasteiger partial charge in [-0.15, -0.1) is 0 Å². The van der Waals surface area contributed by atoms with Gasteiger partial charge in [0.25, 0.3) is 5.91 Å². The molecule has 6 nitrogen and oxygen atoms in total. The second-order valence-electron chi connectivity index (χ2n) is 6.76. The predicted molar refractivity (Wildman–Crippen MR) is 103 cm³/mol. The monoisotopic (exact) mass is 370 g/mol. The standard InChI is InChI=1S/C19H22N4O2S/c1-12-6-7-13(2)17-16(12)21-19(26-17)23(11-14-5-4-10-25-14)18(24)15-8-9-20-22(15)3/h6-9,14H,4-5,10-11H2,1-3H3. The van der Waals surface area contributed by atoms with Gasteiger partial charge >= 0.3 is 0 Å². The van der Waals surface area contributed by atoms with Gasteiger partial charge in [0.15, 0.2) is 5.13 Å². The van der Waals surface area contributed by atoms with Crippen molar-refractivity contribution in [3.05, 3.63) is 41.2 Å². The molecule has 1 saturated heterocycles. The third kappa shape index (κ3) is 3.01. The highest BCUT2D eigenvalue weighted by Gasteiger charge is 2.28. The summed E-state index contributed by atoms with van der Waals surface area (Å²) in [6, 6.07) is 5.93. The van der Waals surface area contributed by atoms with E-state index in [1.807, 2.05) is 0 Å². The normalized spacial score (nSPS) is 17.1. The molecule has 1 atom stereocenters. The van der Waals surface area contributed by atoms with E-state index in [2.05, 4.69) is 31.1 Å². The van der Waals surface area contributed by atoms with Crippen molar-refractivity contribution in [2.45, 2.75) is 32.8 Å². The number of aryl methyl sites for hydroxylation is 3. The van der Waals surface area contributed by atoms with Gasteiger partial charge in [0.2, 0.25) is 0 Å². The Morgan fingerprint density at radius 3 is 2.81 bits per heavy atom. The molecule has 2 aromatic heterocycles. The van der Waals surface area contributed by atoms with Crippen molar-refractivity contribution >= 4 is 32.6 Å². The number of hydrogen-bond donors (Lipinski definition) is 0. The minimum atomic E-state index is -0.0881. The van der Waals surface area contributed by atoms with Gasteiger partial charge in [0.1, 0.15) is 5.69 Å². The summed E-state index contributed by atoms with van der Waals surface area (Å²) in [5.74, 6) is -0.0881. The number of benzene rings is 1. The molecule has 0 saturated carbocycles. The quantitative estimate of drug-likeness (QED) is 0.705. The lowest BCUT2D eigenvalue weighted by Gasteiger charge is -2.23. The molecule has 136 valence electrons. The number of ether oxygens (including phenoxy) is 1. The highest BCUT2D eigenvalue weighted by atomic mass is 32.1. The van der Waals surface area contributed by atoms with Gasteiger partial charge in [-0.3, -0.25) is 14.4 Å². The van der Waals surface area contributed by atoms with E-state index in [1.54, 1.807) is 40.2 Å². The summed E-state index contributed by atoms with van der Waals surface area (Å²) in [6.45, 7) is 5.41. The van der Waals surface area contributed by atoms with Crippen molar-refractivity contribution in [2.75, 3.05) is 18.1 Å². The molecule has 3 aromatic rings. The first-order valence-electron chi connectivity index (χ1n) is 8.83. The maximum atomic E-state index is 13.2. The van der Waals surface area contributed by atoms with Gasteiger partial charge in [-0.2, -0.15) is 5.10 Å². The Hall–Kier alpha value is -2.25. The van der Waals surface area contributed by atoms with Gasteiger partial charge < -0.3 is 4.74 Å². The Labute approximate surface area is 156 Å². The first kappa shape index (κ1) is 17.2. The molecular formula is C19H22N4O2S. The highest BCUT2D eigenvalue weighted by molar-refractivity contribution is 7.22. The topological polar surface area (TPSA) is 60.2 Å². The lowest BCUT2D eigenvalue weighted by molar-refractivity contribution is 0.0909. The Morgan fingerprint density at radius 1 is 1.35 bits per heavy atom. The molecule has 0 N–H and O–H groups in total. The number of carbonyl (C=O) groups excluding carboxylic acids is 1. The minimum absolute atomic E-state index is 0.0568. The van der Waals surface area contributed by atoms with Crippen molar-refractivity contribution in [3.8, 4) is 0 Å². The number of rotatable bonds is 4. The molecule has 1 aliphatic rings. The first-order valence-corrected chi connectivity index (χ1v) is 9.64. The summed E-state index contributed by atoms with van der Waals surface area (Å²) < 4.78 is 8.52. The average molecular weight is 370 g/mol. The van der Waals surface area contributed by atoms with Crippen LogP contribution in [0.15, 0.2) is 24.4 Å². The Morgan fingerprint density at radius 2 is 2.15 bits per heavy atom. The van der Waals surface area contributed by atoms with E-state index in [4.69, 9.17) is 9.72 Å².